The molecular weight excluding hydrogens is 210 g/mol. The maximum Gasteiger partial charge on any atom is 0.126 e. The summed E-state index contributed by atoms with van der Waals surface area (Å²) in [6, 6.07) is 4.30. The monoisotopic (exact) mass is 227 g/mol. The molecule has 0 unspecified atom stereocenters. The summed E-state index contributed by atoms with van der Waals surface area (Å²) in [5.41, 5.74) is 0. The summed E-state index contributed by atoms with van der Waals surface area (Å²) in [5, 5.41) is 3.91. The van der Waals surface area contributed by atoms with Crippen molar-refractivity contribution in [3.8, 4) is 0 Å². The lowest BCUT2D eigenvalue weighted by Crippen LogP contribution is -2.31. The van der Waals surface area contributed by atoms with E-state index in [2.05, 4.69) is 36.1 Å². The molecule has 1 N–H and O–H groups in total. The number of hydrogen-bond donors (Lipinski definition) is 1. The molecule has 0 aliphatic rings. The molecule has 1 aromatic rings. The van der Waals surface area contributed by atoms with E-state index in [1.54, 1.807) is 6.20 Å². The van der Waals surface area contributed by atoms with E-state index in [1.807, 2.05) is 12.1 Å². The molecule has 1 rings (SSSR count). The molecule has 0 saturated heterocycles. The molecule has 0 radical (unpaired) electrons. The Morgan fingerprint density at radius 2 is 2.20 bits per heavy atom. The number of likely N-dealkylation sites (N-methyl/N-ethyl adjacent to an activating group) is 1. The Balaban J connectivity index is 2.29. The fourth-order valence-electron chi connectivity index (χ4n) is 1.10. The maximum atomic E-state index is 5.74. The fourth-order valence-corrected chi connectivity index (χ4v) is 1.21. The van der Waals surface area contributed by atoms with Crippen molar-refractivity contribution >= 4 is 17.4 Å². The highest BCUT2D eigenvalue weighted by atomic mass is 35.5. The van der Waals surface area contributed by atoms with Gasteiger partial charge in [0, 0.05) is 25.3 Å². The van der Waals surface area contributed by atoms with Crippen molar-refractivity contribution in [1.29, 1.82) is 0 Å². The Labute approximate surface area is 96.5 Å². The van der Waals surface area contributed by atoms with Crippen LogP contribution in [0.1, 0.15) is 13.8 Å². The molecule has 0 aliphatic carbocycles. The Morgan fingerprint density at radius 3 is 2.73 bits per heavy atom. The average molecular weight is 228 g/mol. The Morgan fingerprint density at radius 1 is 1.47 bits per heavy atom. The van der Waals surface area contributed by atoms with E-state index < -0.39 is 0 Å². The topological polar surface area (TPSA) is 28.2 Å². The van der Waals surface area contributed by atoms with Gasteiger partial charge in [0.25, 0.3) is 0 Å². The van der Waals surface area contributed by atoms with Gasteiger partial charge >= 0.3 is 0 Å². The smallest absolute Gasteiger partial charge is 0.126 e. The van der Waals surface area contributed by atoms with Crippen LogP contribution in [0.5, 0.6) is 0 Å². The SMILES string of the molecule is CC(C)N(C)CCNc1ccc(Cl)cn1. The second-order valence-corrected chi connectivity index (χ2v) is 4.30. The van der Waals surface area contributed by atoms with E-state index in [1.165, 1.54) is 0 Å². The van der Waals surface area contributed by atoms with E-state index in [-0.39, 0.29) is 0 Å². The number of hydrogen-bond acceptors (Lipinski definition) is 3. The van der Waals surface area contributed by atoms with E-state index >= 15 is 0 Å². The van der Waals surface area contributed by atoms with Gasteiger partial charge < -0.3 is 10.2 Å². The zero-order valence-electron chi connectivity index (χ0n) is 9.50. The molecule has 0 saturated carbocycles. The second kappa shape index (κ2) is 5.93. The van der Waals surface area contributed by atoms with Crippen LogP contribution in [0.15, 0.2) is 18.3 Å². The molecule has 0 spiro atoms. The van der Waals surface area contributed by atoms with Crippen LogP contribution in [-0.4, -0.2) is 36.1 Å². The molecule has 0 aromatic carbocycles. The van der Waals surface area contributed by atoms with Gasteiger partial charge in [-0.3, -0.25) is 0 Å². The Bertz CT molecular complexity index is 284. The molecule has 0 amide bonds. The summed E-state index contributed by atoms with van der Waals surface area (Å²) >= 11 is 5.74. The number of aromatic nitrogens is 1. The fraction of sp³-hybridized carbons (Fsp3) is 0.545. The molecule has 0 bridgehead atoms. The number of rotatable bonds is 5. The molecule has 1 aromatic heterocycles. The summed E-state index contributed by atoms with van der Waals surface area (Å²) in [6.07, 6.45) is 1.65. The predicted octanol–water partition coefficient (Wildman–Crippen LogP) is 2.49. The van der Waals surface area contributed by atoms with Crippen molar-refractivity contribution in [3.63, 3.8) is 0 Å². The minimum Gasteiger partial charge on any atom is -0.369 e. The van der Waals surface area contributed by atoms with Crippen LogP contribution >= 0.6 is 11.6 Å². The number of nitrogens with zero attached hydrogens (tertiary/aromatic N) is 2. The van der Waals surface area contributed by atoms with Crippen LogP contribution in [0.3, 0.4) is 0 Å². The van der Waals surface area contributed by atoms with Gasteiger partial charge in [0.05, 0.1) is 5.02 Å². The second-order valence-electron chi connectivity index (χ2n) is 3.86. The first kappa shape index (κ1) is 12.3. The van der Waals surface area contributed by atoms with Gasteiger partial charge in [-0.2, -0.15) is 0 Å². The van der Waals surface area contributed by atoms with Gasteiger partial charge in [0.15, 0.2) is 0 Å². The molecule has 84 valence electrons. The molecule has 3 nitrogen and oxygen atoms in total. The van der Waals surface area contributed by atoms with E-state index in [0.717, 1.165) is 18.9 Å². The molecule has 0 fully saturated rings. The summed E-state index contributed by atoms with van der Waals surface area (Å²) < 4.78 is 0. The summed E-state index contributed by atoms with van der Waals surface area (Å²) in [6.45, 7) is 6.26. The van der Waals surface area contributed by atoms with Crippen molar-refractivity contribution in [2.45, 2.75) is 19.9 Å². The average Bonchev–Trinajstić information content (AvgIpc) is 2.20. The minimum atomic E-state index is 0.574. The molecule has 1 heterocycles. The molecule has 0 aliphatic heterocycles. The first-order chi connectivity index (χ1) is 7.09. The van der Waals surface area contributed by atoms with Crippen LogP contribution in [-0.2, 0) is 0 Å². The number of nitrogens with one attached hydrogen (secondary N) is 1. The highest BCUT2D eigenvalue weighted by Crippen LogP contribution is 2.09. The first-order valence-electron chi connectivity index (χ1n) is 5.15. The summed E-state index contributed by atoms with van der Waals surface area (Å²) in [7, 11) is 2.11. The van der Waals surface area contributed by atoms with Gasteiger partial charge in [-0.1, -0.05) is 11.6 Å². The number of anilines is 1. The van der Waals surface area contributed by atoms with Crippen LogP contribution in [0.4, 0.5) is 5.82 Å². The lowest BCUT2D eigenvalue weighted by molar-refractivity contribution is 0.284. The van der Waals surface area contributed by atoms with E-state index in [4.69, 9.17) is 11.6 Å². The predicted molar refractivity (Wildman–Crippen MR) is 65.5 cm³/mol. The Hall–Kier alpha value is -0.800. The number of pyridine rings is 1. The van der Waals surface area contributed by atoms with Crippen LogP contribution < -0.4 is 5.32 Å². The van der Waals surface area contributed by atoms with Crippen molar-refractivity contribution in [1.82, 2.24) is 9.88 Å². The standard InChI is InChI=1S/C11H18ClN3/c1-9(2)15(3)7-6-13-11-5-4-10(12)8-14-11/h4-5,8-9H,6-7H2,1-3H3,(H,13,14). The molecular formula is C11H18ClN3. The maximum absolute atomic E-state index is 5.74. The van der Waals surface area contributed by atoms with Crippen molar-refractivity contribution in [2.24, 2.45) is 0 Å². The highest BCUT2D eigenvalue weighted by Gasteiger charge is 2.01. The van der Waals surface area contributed by atoms with Crippen LogP contribution in [0, 0.1) is 0 Å². The minimum absolute atomic E-state index is 0.574. The normalized spacial score (nSPS) is 11.1. The molecule has 4 heteroatoms. The van der Waals surface area contributed by atoms with Crippen molar-refractivity contribution in [2.75, 3.05) is 25.5 Å². The lowest BCUT2D eigenvalue weighted by atomic mass is 10.3. The zero-order valence-corrected chi connectivity index (χ0v) is 10.3. The largest absolute Gasteiger partial charge is 0.369 e. The zero-order chi connectivity index (χ0) is 11.3. The lowest BCUT2D eigenvalue weighted by Gasteiger charge is -2.20. The highest BCUT2D eigenvalue weighted by molar-refractivity contribution is 6.30. The first-order valence-corrected chi connectivity index (χ1v) is 5.53. The summed E-state index contributed by atoms with van der Waals surface area (Å²) in [4.78, 5) is 6.44. The van der Waals surface area contributed by atoms with Gasteiger partial charge in [-0.25, -0.2) is 4.98 Å². The third-order valence-electron chi connectivity index (χ3n) is 2.38. The van der Waals surface area contributed by atoms with E-state index in [9.17, 15) is 0 Å². The molecule has 0 atom stereocenters. The van der Waals surface area contributed by atoms with Crippen LogP contribution in [0.2, 0.25) is 5.02 Å². The van der Waals surface area contributed by atoms with Crippen LogP contribution in [0.25, 0.3) is 0 Å². The third kappa shape index (κ3) is 4.49. The van der Waals surface area contributed by atoms with E-state index in [0.29, 0.717) is 11.1 Å². The van der Waals surface area contributed by atoms with Crippen molar-refractivity contribution in [3.05, 3.63) is 23.4 Å². The van der Waals surface area contributed by atoms with Crippen molar-refractivity contribution < 1.29 is 0 Å². The van der Waals surface area contributed by atoms with Gasteiger partial charge in [-0.15, -0.1) is 0 Å². The summed E-state index contributed by atoms with van der Waals surface area (Å²) in [5.74, 6) is 0.872. The van der Waals surface area contributed by atoms with Gasteiger partial charge in [0.2, 0.25) is 0 Å². The molecule has 15 heavy (non-hydrogen) atoms. The van der Waals surface area contributed by atoms with Gasteiger partial charge in [0.1, 0.15) is 5.82 Å². The quantitative estimate of drug-likeness (QED) is 0.838. The number of halogens is 1. The van der Waals surface area contributed by atoms with Gasteiger partial charge in [-0.05, 0) is 33.0 Å². The Kier molecular flexibility index (Phi) is 4.85. The third-order valence-corrected chi connectivity index (χ3v) is 2.60.